The van der Waals surface area contributed by atoms with Crippen LogP contribution >= 0.6 is 23.4 Å². The van der Waals surface area contributed by atoms with E-state index in [2.05, 4.69) is 13.8 Å². The van der Waals surface area contributed by atoms with Crippen LogP contribution < -0.4 is 0 Å². The van der Waals surface area contributed by atoms with E-state index in [1.807, 2.05) is 11.2 Å². The van der Waals surface area contributed by atoms with Crippen molar-refractivity contribution in [3.63, 3.8) is 0 Å². The summed E-state index contributed by atoms with van der Waals surface area (Å²) in [5.41, 5.74) is 2.57. The lowest BCUT2D eigenvalue weighted by molar-refractivity contribution is -0.126. The number of thioether (sulfide) groups is 1. The molecule has 0 bridgehead atoms. The highest BCUT2D eigenvalue weighted by molar-refractivity contribution is 7.98. The topological polar surface area (TPSA) is 20.3 Å². The lowest BCUT2D eigenvalue weighted by Crippen LogP contribution is -2.35. The zero-order valence-electron chi connectivity index (χ0n) is 10.3. The molecular formula is C12H20ClNOS. The van der Waals surface area contributed by atoms with Crippen molar-refractivity contribution in [2.24, 2.45) is 5.92 Å². The average Bonchev–Trinajstić information content (AvgIpc) is 2.26. The third-order valence-electron chi connectivity index (χ3n) is 3.06. The first-order valence-electron chi connectivity index (χ1n) is 5.66. The number of alkyl halides is 1. The van der Waals surface area contributed by atoms with E-state index in [9.17, 15) is 4.79 Å². The minimum Gasteiger partial charge on any atom is -0.305 e. The minimum absolute atomic E-state index is 0.0270. The maximum absolute atomic E-state index is 11.8. The standard InChI is InChI=1S/C12H20ClNOS/c1-9-5-4-6-10(2)12(9)14(8-16-3)11(15)7-13/h9H,4-8H2,1-3H3. The Labute approximate surface area is 107 Å². The van der Waals surface area contributed by atoms with E-state index < -0.39 is 0 Å². The number of allylic oxidation sites excluding steroid dienone is 2. The highest BCUT2D eigenvalue weighted by atomic mass is 35.5. The number of amides is 1. The van der Waals surface area contributed by atoms with Crippen LogP contribution in [0.4, 0.5) is 0 Å². The predicted octanol–water partition coefficient (Wildman–Crippen LogP) is 3.47. The Morgan fingerprint density at radius 2 is 2.31 bits per heavy atom. The van der Waals surface area contributed by atoms with Crippen molar-refractivity contribution in [3.05, 3.63) is 11.3 Å². The molecule has 0 saturated heterocycles. The van der Waals surface area contributed by atoms with Gasteiger partial charge in [-0.3, -0.25) is 4.79 Å². The van der Waals surface area contributed by atoms with Crippen LogP contribution in [-0.4, -0.2) is 28.8 Å². The second-order valence-corrected chi connectivity index (χ2v) is 5.43. The van der Waals surface area contributed by atoms with Gasteiger partial charge in [0, 0.05) is 5.70 Å². The van der Waals surface area contributed by atoms with E-state index in [1.165, 1.54) is 24.1 Å². The Hall–Kier alpha value is -0.150. The summed E-state index contributed by atoms with van der Waals surface area (Å²) in [6, 6.07) is 0. The summed E-state index contributed by atoms with van der Waals surface area (Å²) in [5, 5.41) is 0. The smallest absolute Gasteiger partial charge is 0.242 e. The molecule has 1 unspecified atom stereocenters. The number of halogens is 1. The molecular weight excluding hydrogens is 242 g/mol. The molecule has 0 aromatic rings. The first-order chi connectivity index (χ1) is 7.61. The number of hydrogen-bond donors (Lipinski definition) is 0. The van der Waals surface area contributed by atoms with Crippen molar-refractivity contribution in [2.45, 2.75) is 33.1 Å². The second kappa shape index (κ2) is 6.55. The summed E-state index contributed by atoms with van der Waals surface area (Å²) in [6.07, 6.45) is 5.53. The lowest BCUT2D eigenvalue weighted by Gasteiger charge is -2.33. The van der Waals surface area contributed by atoms with Crippen molar-refractivity contribution < 1.29 is 4.79 Å². The molecule has 0 saturated carbocycles. The molecule has 4 heteroatoms. The molecule has 0 aliphatic heterocycles. The molecule has 1 aliphatic carbocycles. The Balaban J connectivity index is 2.95. The lowest BCUT2D eigenvalue weighted by atomic mass is 9.88. The fraction of sp³-hybridized carbons (Fsp3) is 0.750. The molecule has 0 aromatic heterocycles. The average molecular weight is 262 g/mol. The number of carbonyl (C=O) groups is 1. The van der Waals surface area contributed by atoms with Crippen LogP contribution in [0.3, 0.4) is 0 Å². The van der Waals surface area contributed by atoms with Crippen LogP contribution in [0.15, 0.2) is 11.3 Å². The van der Waals surface area contributed by atoms with Crippen molar-refractivity contribution in [3.8, 4) is 0 Å². The first-order valence-corrected chi connectivity index (χ1v) is 7.59. The summed E-state index contributed by atoms with van der Waals surface area (Å²) >= 11 is 7.34. The number of nitrogens with zero attached hydrogens (tertiary/aromatic N) is 1. The van der Waals surface area contributed by atoms with Crippen LogP contribution in [0.2, 0.25) is 0 Å². The minimum atomic E-state index is 0.0270. The van der Waals surface area contributed by atoms with Gasteiger partial charge in [-0.25, -0.2) is 0 Å². The largest absolute Gasteiger partial charge is 0.305 e. The summed E-state index contributed by atoms with van der Waals surface area (Å²) in [4.78, 5) is 13.7. The molecule has 0 spiro atoms. The Morgan fingerprint density at radius 3 is 2.81 bits per heavy atom. The van der Waals surface area contributed by atoms with Crippen LogP contribution in [0, 0.1) is 5.92 Å². The van der Waals surface area contributed by atoms with Gasteiger partial charge in [-0.05, 0) is 38.4 Å². The Bertz CT molecular complexity index is 291. The van der Waals surface area contributed by atoms with Gasteiger partial charge in [0.15, 0.2) is 0 Å². The molecule has 0 heterocycles. The number of rotatable bonds is 4. The first kappa shape index (κ1) is 13.9. The molecule has 1 aliphatic rings. The van der Waals surface area contributed by atoms with Gasteiger partial charge in [-0.1, -0.05) is 12.5 Å². The summed E-state index contributed by atoms with van der Waals surface area (Å²) in [5.74, 6) is 1.29. The second-order valence-electron chi connectivity index (χ2n) is 4.33. The molecule has 2 nitrogen and oxygen atoms in total. The van der Waals surface area contributed by atoms with Crippen molar-refractivity contribution in [1.29, 1.82) is 0 Å². The SMILES string of the molecule is CSCN(C(=O)CCl)C1=C(C)CCCC1C. The molecule has 1 rings (SSSR count). The molecule has 16 heavy (non-hydrogen) atoms. The van der Waals surface area contributed by atoms with E-state index in [1.54, 1.807) is 11.8 Å². The third kappa shape index (κ3) is 3.17. The summed E-state index contributed by atoms with van der Waals surface area (Å²) < 4.78 is 0. The van der Waals surface area contributed by atoms with Gasteiger partial charge in [-0.2, -0.15) is 0 Å². The highest BCUT2D eigenvalue weighted by Crippen LogP contribution is 2.32. The molecule has 1 amide bonds. The molecule has 0 fully saturated rings. The summed E-state index contributed by atoms with van der Waals surface area (Å²) in [6.45, 7) is 4.34. The summed E-state index contributed by atoms with van der Waals surface area (Å²) in [7, 11) is 0. The van der Waals surface area contributed by atoms with Crippen LogP contribution in [-0.2, 0) is 4.79 Å². The van der Waals surface area contributed by atoms with Gasteiger partial charge in [0.25, 0.3) is 0 Å². The Kier molecular flexibility index (Phi) is 5.70. The van der Waals surface area contributed by atoms with Crippen LogP contribution in [0.1, 0.15) is 33.1 Å². The van der Waals surface area contributed by atoms with Gasteiger partial charge in [0.05, 0.1) is 5.88 Å². The monoisotopic (exact) mass is 261 g/mol. The third-order valence-corrected chi connectivity index (χ3v) is 3.80. The van der Waals surface area contributed by atoms with Crippen LogP contribution in [0.25, 0.3) is 0 Å². The van der Waals surface area contributed by atoms with Gasteiger partial charge < -0.3 is 4.90 Å². The Morgan fingerprint density at radius 1 is 1.62 bits per heavy atom. The number of carbonyl (C=O) groups excluding carboxylic acids is 1. The van der Waals surface area contributed by atoms with Gasteiger partial charge in [-0.15, -0.1) is 23.4 Å². The number of hydrogen-bond acceptors (Lipinski definition) is 2. The van der Waals surface area contributed by atoms with E-state index in [-0.39, 0.29) is 11.8 Å². The van der Waals surface area contributed by atoms with Crippen molar-refractivity contribution in [1.82, 2.24) is 4.90 Å². The van der Waals surface area contributed by atoms with Gasteiger partial charge in [0.2, 0.25) is 5.91 Å². The van der Waals surface area contributed by atoms with Crippen LogP contribution in [0.5, 0.6) is 0 Å². The zero-order valence-corrected chi connectivity index (χ0v) is 11.8. The van der Waals surface area contributed by atoms with E-state index in [0.29, 0.717) is 11.8 Å². The van der Waals surface area contributed by atoms with Crippen molar-refractivity contribution in [2.75, 3.05) is 18.0 Å². The molecule has 92 valence electrons. The fourth-order valence-corrected chi connectivity index (χ4v) is 3.02. The predicted molar refractivity (Wildman–Crippen MR) is 71.7 cm³/mol. The highest BCUT2D eigenvalue weighted by Gasteiger charge is 2.25. The molecule has 1 atom stereocenters. The molecule has 0 radical (unpaired) electrons. The van der Waals surface area contributed by atoms with E-state index in [0.717, 1.165) is 6.42 Å². The molecule has 0 aromatic carbocycles. The fourth-order valence-electron chi connectivity index (χ4n) is 2.33. The van der Waals surface area contributed by atoms with E-state index >= 15 is 0 Å². The maximum atomic E-state index is 11.8. The zero-order chi connectivity index (χ0) is 12.1. The van der Waals surface area contributed by atoms with Gasteiger partial charge >= 0.3 is 0 Å². The molecule has 0 N–H and O–H groups in total. The van der Waals surface area contributed by atoms with Crippen molar-refractivity contribution >= 4 is 29.3 Å². The normalized spacial score (nSPS) is 21.1. The maximum Gasteiger partial charge on any atom is 0.242 e. The van der Waals surface area contributed by atoms with Gasteiger partial charge in [0.1, 0.15) is 5.88 Å². The van der Waals surface area contributed by atoms with E-state index in [4.69, 9.17) is 11.6 Å². The quantitative estimate of drug-likeness (QED) is 0.571.